The zero-order valence-electron chi connectivity index (χ0n) is 15.9. The first-order valence-electron chi connectivity index (χ1n) is 9.17. The van der Waals surface area contributed by atoms with Crippen molar-refractivity contribution in [2.24, 2.45) is 0 Å². The second-order valence-corrected chi connectivity index (χ2v) is 8.66. The van der Waals surface area contributed by atoms with Crippen LogP contribution in [0.15, 0.2) is 65.7 Å². The summed E-state index contributed by atoms with van der Waals surface area (Å²) in [6.45, 7) is 4.19. The summed E-state index contributed by atoms with van der Waals surface area (Å²) in [5, 5.41) is 7.20. The molecule has 1 amide bonds. The lowest BCUT2D eigenvalue weighted by Gasteiger charge is -2.09. The number of hydrogen-bond acceptors (Lipinski definition) is 4. The molecule has 6 nitrogen and oxygen atoms in total. The maximum absolute atomic E-state index is 12.7. The van der Waals surface area contributed by atoms with Gasteiger partial charge in [-0.1, -0.05) is 44.2 Å². The topological polar surface area (TPSA) is 81.1 Å². The van der Waals surface area contributed by atoms with Crippen molar-refractivity contribution in [1.82, 2.24) is 9.78 Å². The third-order valence-corrected chi connectivity index (χ3v) is 6.31. The Labute approximate surface area is 165 Å². The van der Waals surface area contributed by atoms with Crippen LogP contribution in [0, 0.1) is 0 Å². The monoisotopic (exact) mass is 397 g/mol. The number of sulfone groups is 1. The van der Waals surface area contributed by atoms with Gasteiger partial charge < -0.3 is 5.32 Å². The fraction of sp³-hybridized carbons (Fsp3) is 0.238. The summed E-state index contributed by atoms with van der Waals surface area (Å²) in [6.07, 6.45) is 2.25. The number of aromatic nitrogens is 2. The van der Waals surface area contributed by atoms with E-state index in [1.807, 2.05) is 41.9 Å². The van der Waals surface area contributed by atoms with Gasteiger partial charge >= 0.3 is 0 Å². The van der Waals surface area contributed by atoms with Gasteiger partial charge in [-0.3, -0.25) is 9.48 Å². The van der Waals surface area contributed by atoms with E-state index in [4.69, 9.17) is 0 Å². The molecule has 0 radical (unpaired) electrons. The van der Waals surface area contributed by atoms with Gasteiger partial charge in [-0.2, -0.15) is 5.10 Å². The highest BCUT2D eigenvalue weighted by Crippen LogP contribution is 2.18. The minimum Gasteiger partial charge on any atom is -0.322 e. The second kappa shape index (κ2) is 8.39. The molecule has 0 atom stereocenters. The Kier molecular flexibility index (Phi) is 5.94. The lowest BCUT2D eigenvalue weighted by molar-refractivity contribution is 0.102. The Morgan fingerprint density at radius 1 is 1.04 bits per heavy atom. The van der Waals surface area contributed by atoms with Crippen molar-refractivity contribution < 1.29 is 13.2 Å². The van der Waals surface area contributed by atoms with Crippen LogP contribution >= 0.6 is 0 Å². The minimum atomic E-state index is -3.26. The van der Waals surface area contributed by atoms with Gasteiger partial charge in [0.15, 0.2) is 9.84 Å². The molecule has 2 aromatic carbocycles. The molecule has 7 heteroatoms. The number of hydrogen-bond donors (Lipinski definition) is 1. The molecule has 1 heterocycles. The van der Waals surface area contributed by atoms with E-state index in [1.54, 1.807) is 25.3 Å². The number of nitrogens with one attached hydrogen (secondary N) is 1. The standard InChI is InChI=1S/C21H23N3O3S/c1-3-20-19(14-22-24(20)15-16-8-6-5-7-9-16)21(25)23-17-10-12-18(13-11-17)28(26,27)4-2/h5-14H,3-4,15H2,1-2H3,(H,23,25). The molecule has 0 unspecified atom stereocenters. The maximum Gasteiger partial charge on any atom is 0.259 e. The minimum absolute atomic E-state index is 0.0408. The average Bonchev–Trinajstić information content (AvgIpc) is 3.12. The Hall–Kier alpha value is -2.93. The van der Waals surface area contributed by atoms with E-state index in [2.05, 4.69) is 10.4 Å². The van der Waals surface area contributed by atoms with Gasteiger partial charge in [0.1, 0.15) is 0 Å². The molecule has 0 saturated heterocycles. The Morgan fingerprint density at radius 2 is 1.71 bits per heavy atom. The predicted octanol–water partition coefficient (Wildman–Crippen LogP) is 3.54. The number of carbonyl (C=O) groups is 1. The van der Waals surface area contributed by atoms with Crippen molar-refractivity contribution in [1.29, 1.82) is 0 Å². The molecule has 3 rings (SSSR count). The van der Waals surface area contributed by atoms with Crippen molar-refractivity contribution in [3.63, 3.8) is 0 Å². The van der Waals surface area contributed by atoms with E-state index in [9.17, 15) is 13.2 Å². The molecule has 1 N–H and O–H groups in total. The van der Waals surface area contributed by atoms with E-state index in [0.717, 1.165) is 11.3 Å². The zero-order valence-corrected chi connectivity index (χ0v) is 16.7. The van der Waals surface area contributed by atoms with Gasteiger partial charge in [-0.05, 0) is 36.2 Å². The van der Waals surface area contributed by atoms with Gasteiger partial charge in [0.2, 0.25) is 0 Å². The summed E-state index contributed by atoms with van der Waals surface area (Å²) in [6, 6.07) is 16.2. The molecular formula is C21H23N3O3S. The summed E-state index contributed by atoms with van der Waals surface area (Å²) in [7, 11) is -3.26. The van der Waals surface area contributed by atoms with Crippen LogP contribution < -0.4 is 5.32 Å². The van der Waals surface area contributed by atoms with E-state index in [1.165, 1.54) is 12.1 Å². The van der Waals surface area contributed by atoms with Crippen LogP contribution in [0.5, 0.6) is 0 Å². The molecule has 0 aliphatic carbocycles. The lowest BCUT2D eigenvalue weighted by Crippen LogP contribution is -2.15. The molecule has 0 aliphatic heterocycles. The molecule has 0 saturated carbocycles. The van der Waals surface area contributed by atoms with Crippen molar-refractivity contribution in [2.45, 2.75) is 31.7 Å². The third kappa shape index (κ3) is 4.31. The fourth-order valence-corrected chi connectivity index (χ4v) is 3.86. The number of nitrogens with zero attached hydrogens (tertiary/aromatic N) is 2. The summed E-state index contributed by atoms with van der Waals surface area (Å²) in [4.78, 5) is 13.0. The molecule has 28 heavy (non-hydrogen) atoms. The van der Waals surface area contributed by atoms with Crippen LogP contribution in [-0.4, -0.2) is 29.9 Å². The van der Waals surface area contributed by atoms with E-state index < -0.39 is 9.84 Å². The van der Waals surface area contributed by atoms with Crippen molar-refractivity contribution in [2.75, 3.05) is 11.1 Å². The SMILES string of the molecule is CCc1c(C(=O)Nc2ccc(S(=O)(=O)CC)cc2)cnn1Cc1ccccc1. The zero-order chi connectivity index (χ0) is 20.1. The number of anilines is 1. The normalized spacial score (nSPS) is 11.4. The van der Waals surface area contributed by atoms with Gasteiger partial charge in [-0.15, -0.1) is 0 Å². The second-order valence-electron chi connectivity index (χ2n) is 6.38. The molecule has 146 valence electrons. The highest BCUT2D eigenvalue weighted by atomic mass is 32.2. The van der Waals surface area contributed by atoms with Crippen LogP contribution in [-0.2, 0) is 22.8 Å². The summed E-state index contributed by atoms with van der Waals surface area (Å²) < 4.78 is 25.6. The van der Waals surface area contributed by atoms with Gasteiger partial charge in [0.05, 0.1) is 34.6 Å². The molecule has 3 aromatic rings. The molecule has 0 bridgehead atoms. The Morgan fingerprint density at radius 3 is 2.32 bits per heavy atom. The molecule has 0 spiro atoms. The first-order valence-corrected chi connectivity index (χ1v) is 10.8. The largest absolute Gasteiger partial charge is 0.322 e. The summed E-state index contributed by atoms with van der Waals surface area (Å²) in [5.74, 6) is -0.221. The molecule has 0 fully saturated rings. The Bertz CT molecular complexity index is 1060. The quantitative estimate of drug-likeness (QED) is 0.661. The highest BCUT2D eigenvalue weighted by Gasteiger charge is 2.17. The van der Waals surface area contributed by atoms with Gasteiger partial charge in [0.25, 0.3) is 5.91 Å². The number of carbonyl (C=O) groups excluding carboxylic acids is 1. The van der Waals surface area contributed by atoms with Crippen molar-refractivity contribution in [3.8, 4) is 0 Å². The van der Waals surface area contributed by atoms with E-state index >= 15 is 0 Å². The number of amides is 1. The number of benzene rings is 2. The highest BCUT2D eigenvalue weighted by molar-refractivity contribution is 7.91. The number of rotatable bonds is 7. The van der Waals surface area contributed by atoms with Gasteiger partial charge in [-0.25, -0.2) is 8.42 Å². The fourth-order valence-electron chi connectivity index (χ4n) is 2.98. The van der Waals surface area contributed by atoms with Crippen LogP contribution in [0.2, 0.25) is 0 Å². The van der Waals surface area contributed by atoms with Crippen LogP contribution in [0.1, 0.15) is 35.5 Å². The van der Waals surface area contributed by atoms with Crippen molar-refractivity contribution in [3.05, 3.63) is 77.6 Å². The smallest absolute Gasteiger partial charge is 0.259 e. The average molecular weight is 398 g/mol. The molecule has 0 aliphatic rings. The first-order chi connectivity index (χ1) is 13.4. The molecule has 1 aromatic heterocycles. The maximum atomic E-state index is 12.7. The lowest BCUT2D eigenvalue weighted by atomic mass is 10.1. The summed E-state index contributed by atoms with van der Waals surface area (Å²) in [5.41, 5.74) is 3.02. The summed E-state index contributed by atoms with van der Waals surface area (Å²) >= 11 is 0. The van der Waals surface area contributed by atoms with E-state index in [-0.39, 0.29) is 16.6 Å². The van der Waals surface area contributed by atoms with Crippen LogP contribution in [0.4, 0.5) is 5.69 Å². The van der Waals surface area contributed by atoms with Gasteiger partial charge in [0, 0.05) is 5.69 Å². The van der Waals surface area contributed by atoms with Crippen LogP contribution in [0.3, 0.4) is 0 Å². The third-order valence-electron chi connectivity index (χ3n) is 4.55. The van der Waals surface area contributed by atoms with Crippen molar-refractivity contribution >= 4 is 21.4 Å². The Balaban J connectivity index is 1.77. The first kappa shape index (κ1) is 19.8. The van der Waals surface area contributed by atoms with Crippen LogP contribution in [0.25, 0.3) is 0 Å². The molecular weight excluding hydrogens is 374 g/mol. The predicted molar refractivity (Wildman–Crippen MR) is 109 cm³/mol. The van der Waals surface area contributed by atoms with E-state index in [0.29, 0.717) is 24.2 Å².